The maximum Gasteiger partial charge on any atom is 0.327 e. The number of benzene rings is 1. The zero-order valence-corrected chi connectivity index (χ0v) is 12.6. The number of urea groups is 1. The second-order valence-corrected chi connectivity index (χ2v) is 5.65. The second-order valence-electron chi connectivity index (χ2n) is 4.65. The third-order valence-corrected chi connectivity index (χ3v) is 4.29. The lowest BCUT2D eigenvalue weighted by molar-refractivity contribution is -0.140. The average Bonchev–Trinajstić information content (AvgIpc) is 2.97. The molecule has 1 aliphatic heterocycles. The molecule has 1 aromatic rings. The van der Waals surface area contributed by atoms with Crippen LogP contribution in [0.25, 0.3) is 0 Å². The van der Waals surface area contributed by atoms with E-state index in [0.29, 0.717) is 24.6 Å². The molecule has 0 saturated carbocycles. The normalized spacial score (nSPS) is 17.6. The van der Waals surface area contributed by atoms with Crippen LogP contribution in [0.4, 0.5) is 4.79 Å². The summed E-state index contributed by atoms with van der Waals surface area (Å²) in [6.07, 6.45) is 0.689. The van der Waals surface area contributed by atoms with Gasteiger partial charge in [0, 0.05) is 12.3 Å². The largest absolute Gasteiger partial charge is 0.497 e. The Labute approximate surface area is 127 Å². The van der Waals surface area contributed by atoms with Crippen molar-refractivity contribution in [1.29, 1.82) is 0 Å². The maximum absolute atomic E-state index is 12.0. The Kier molecular flexibility index (Phi) is 5.32. The minimum Gasteiger partial charge on any atom is -0.497 e. The molecule has 0 aromatic heterocycles. The van der Waals surface area contributed by atoms with Crippen molar-refractivity contribution in [3.8, 4) is 5.75 Å². The van der Waals surface area contributed by atoms with Crippen LogP contribution in [0.15, 0.2) is 24.3 Å². The van der Waals surface area contributed by atoms with Gasteiger partial charge >= 0.3 is 12.0 Å². The summed E-state index contributed by atoms with van der Waals surface area (Å²) in [5.74, 6) is 0.707. The van der Waals surface area contributed by atoms with E-state index >= 15 is 0 Å². The fourth-order valence-electron chi connectivity index (χ4n) is 2.05. The molecule has 7 heteroatoms. The van der Waals surface area contributed by atoms with E-state index in [1.165, 1.54) is 16.7 Å². The molecule has 1 fully saturated rings. The lowest BCUT2D eigenvalue weighted by Crippen LogP contribution is -2.47. The van der Waals surface area contributed by atoms with Crippen molar-refractivity contribution in [3.63, 3.8) is 0 Å². The lowest BCUT2D eigenvalue weighted by atomic mass is 10.1. The van der Waals surface area contributed by atoms with E-state index in [9.17, 15) is 9.59 Å². The van der Waals surface area contributed by atoms with Gasteiger partial charge in [0.05, 0.1) is 13.0 Å². The first-order chi connectivity index (χ1) is 10.1. The fourth-order valence-corrected chi connectivity index (χ4v) is 3.20. The molecule has 1 aromatic carbocycles. The molecule has 1 atom stereocenters. The minimum atomic E-state index is -0.953. The molecule has 1 saturated heterocycles. The van der Waals surface area contributed by atoms with Crippen LogP contribution < -0.4 is 10.1 Å². The summed E-state index contributed by atoms with van der Waals surface area (Å²) in [5, 5.41) is 11.8. The van der Waals surface area contributed by atoms with Crippen molar-refractivity contribution in [2.75, 3.05) is 25.3 Å². The van der Waals surface area contributed by atoms with Gasteiger partial charge in [0.1, 0.15) is 11.8 Å². The summed E-state index contributed by atoms with van der Waals surface area (Å²) in [6, 6.07) is 6.58. The number of carbonyl (C=O) groups excluding carboxylic acids is 1. The van der Waals surface area contributed by atoms with E-state index in [1.807, 2.05) is 24.3 Å². The van der Waals surface area contributed by atoms with E-state index in [0.717, 1.165) is 11.3 Å². The molecule has 21 heavy (non-hydrogen) atoms. The Hall–Kier alpha value is -1.89. The SMILES string of the molecule is COc1ccc(CCNC(=O)N2CSC[C@H]2C(=O)O)cc1. The third-order valence-electron chi connectivity index (χ3n) is 3.28. The van der Waals surface area contributed by atoms with Crippen molar-refractivity contribution < 1.29 is 19.4 Å². The number of nitrogens with one attached hydrogen (secondary N) is 1. The molecule has 2 rings (SSSR count). The summed E-state index contributed by atoms with van der Waals surface area (Å²) in [5.41, 5.74) is 1.08. The van der Waals surface area contributed by atoms with Gasteiger partial charge in [0.2, 0.25) is 0 Å². The molecule has 1 aliphatic rings. The first kappa shape index (κ1) is 15.5. The highest BCUT2D eigenvalue weighted by Crippen LogP contribution is 2.20. The van der Waals surface area contributed by atoms with Crippen molar-refractivity contribution >= 4 is 23.8 Å². The smallest absolute Gasteiger partial charge is 0.327 e. The van der Waals surface area contributed by atoms with Crippen LogP contribution in [0.5, 0.6) is 5.75 Å². The van der Waals surface area contributed by atoms with Gasteiger partial charge in [-0.15, -0.1) is 11.8 Å². The van der Waals surface area contributed by atoms with Gasteiger partial charge in [0.15, 0.2) is 0 Å². The van der Waals surface area contributed by atoms with Gasteiger partial charge < -0.3 is 20.1 Å². The number of methoxy groups -OCH3 is 1. The van der Waals surface area contributed by atoms with E-state index in [2.05, 4.69) is 5.32 Å². The Morgan fingerprint density at radius 2 is 2.14 bits per heavy atom. The van der Waals surface area contributed by atoms with Crippen LogP contribution in [0.2, 0.25) is 0 Å². The molecule has 0 aliphatic carbocycles. The monoisotopic (exact) mass is 310 g/mol. The number of thioether (sulfide) groups is 1. The molecule has 1 heterocycles. The summed E-state index contributed by atoms with van der Waals surface area (Å²) < 4.78 is 5.08. The molecular weight excluding hydrogens is 292 g/mol. The highest BCUT2D eigenvalue weighted by molar-refractivity contribution is 7.99. The zero-order valence-electron chi connectivity index (χ0n) is 11.7. The highest BCUT2D eigenvalue weighted by atomic mass is 32.2. The number of carboxylic acids is 1. The Bertz CT molecular complexity index is 506. The lowest BCUT2D eigenvalue weighted by Gasteiger charge is -2.20. The molecule has 2 N–H and O–H groups in total. The molecule has 0 radical (unpaired) electrons. The highest BCUT2D eigenvalue weighted by Gasteiger charge is 2.34. The fraction of sp³-hybridized carbons (Fsp3) is 0.429. The van der Waals surface area contributed by atoms with Gasteiger partial charge in [-0.05, 0) is 24.1 Å². The third kappa shape index (κ3) is 4.04. The van der Waals surface area contributed by atoms with Crippen LogP contribution >= 0.6 is 11.8 Å². The van der Waals surface area contributed by atoms with Gasteiger partial charge in [-0.3, -0.25) is 0 Å². The minimum absolute atomic E-state index is 0.319. The number of nitrogens with zero attached hydrogens (tertiary/aromatic N) is 1. The standard InChI is InChI=1S/C14H18N2O4S/c1-20-11-4-2-10(3-5-11)6-7-15-14(19)16-9-21-8-12(16)13(17)18/h2-5,12H,6-9H2,1H3,(H,15,19)(H,17,18)/t12-/m0/s1. The summed E-state index contributed by atoms with van der Waals surface area (Å²) >= 11 is 1.45. The van der Waals surface area contributed by atoms with Crippen LogP contribution in [-0.4, -0.2) is 53.3 Å². The van der Waals surface area contributed by atoms with Crippen molar-refractivity contribution in [2.24, 2.45) is 0 Å². The number of carboxylic acid groups (broad SMARTS) is 1. The quantitative estimate of drug-likeness (QED) is 0.859. The van der Waals surface area contributed by atoms with Gasteiger partial charge in [-0.25, -0.2) is 9.59 Å². The van der Waals surface area contributed by atoms with Crippen molar-refractivity contribution in [1.82, 2.24) is 10.2 Å². The van der Waals surface area contributed by atoms with Crippen molar-refractivity contribution in [2.45, 2.75) is 12.5 Å². The Morgan fingerprint density at radius 3 is 2.76 bits per heavy atom. The van der Waals surface area contributed by atoms with E-state index in [-0.39, 0.29) is 6.03 Å². The Morgan fingerprint density at radius 1 is 1.43 bits per heavy atom. The molecule has 0 unspecified atom stereocenters. The van der Waals surface area contributed by atoms with Crippen molar-refractivity contribution in [3.05, 3.63) is 29.8 Å². The number of rotatable bonds is 5. The average molecular weight is 310 g/mol. The number of hydrogen-bond acceptors (Lipinski definition) is 4. The zero-order chi connectivity index (χ0) is 15.2. The predicted molar refractivity (Wildman–Crippen MR) is 80.7 cm³/mol. The number of ether oxygens (including phenoxy) is 1. The van der Waals surface area contributed by atoms with Gasteiger partial charge in [-0.2, -0.15) is 0 Å². The summed E-state index contributed by atoms with van der Waals surface area (Å²) in [7, 11) is 1.61. The number of aliphatic carboxylic acids is 1. The number of amides is 2. The summed E-state index contributed by atoms with van der Waals surface area (Å²) in [6.45, 7) is 0.471. The molecule has 2 amide bonds. The molecular formula is C14H18N2O4S. The molecule has 6 nitrogen and oxygen atoms in total. The van der Waals surface area contributed by atoms with E-state index in [4.69, 9.17) is 9.84 Å². The van der Waals surface area contributed by atoms with E-state index < -0.39 is 12.0 Å². The van der Waals surface area contributed by atoms with Crippen LogP contribution in [0, 0.1) is 0 Å². The Balaban J connectivity index is 1.79. The first-order valence-corrected chi connectivity index (χ1v) is 7.75. The molecule has 0 bridgehead atoms. The van der Waals surface area contributed by atoms with Gasteiger partial charge in [-0.1, -0.05) is 12.1 Å². The maximum atomic E-state index is 12.0. The number of hydrogen-bond donors (Lipinski definition) is 2. The predicted octanol–water partition coefficient (Wildman–Crippen LogP) is 1.41. The second kappa shape index (κ2) is 7.21. The number of carbonyl (C=O) groups is 2. The van der Waals surface area contributed by atoms with Gasteiger partial charge in [0.25, 0.3) is 0 Å². The first-order valence-electron chi connectivity index (χ1n) is 6.60. The van der Waals surface area contributed by atoms with Crippen LogP contribution in [-0.2, 0) is 11.2 Å². The van der Waals surface area contributed by atoms with Crippen LogP contribution in [0.3, 0.4) is 0 Å². The topological polar surface area (TPSA) is 78.9 Å². The van der Waals surface area contributed by atoms with E-state index in [1.54, 1.807) is 7.11 Å². The molecule has 114 valence electrons. The molecule has 0 spiro atoms. The summed E-state index contributed by atoms with van der Waals surface area (Å²) in [4.78, 5) is 24.4. The van der Waals surface area contributed by atoms with Crippen LogP contribution in [0.1, 0.15) is 5.56 Å².